The van der Waals surface area contributed by atoms with Gasteiger partial charge in [-0.1, -0.05) is 27.7 Å². The van der Waals surface area contributed by atoms with Gasteiger partial charge in [-0.2, -0.15) is 10.2 Å². The molecule has 3 heterocycles. The minimum Gasteiger partial charge on any atom is -0.352 e. The molecule has 0 radical (unpaired) electrons. The lowest BCUT2D eigenvalue weighted by Crippen LogP contribution is -2.23. The standard InChI is InChI=1S/C19H25N6O6P/c1-10(2)16(26)23-19-22-15-14(17(27)24-19)21-9-25(15)18-12(4)11(3)13(31-18)8-30-32(28)29-7-5-6-20/h9-13,18H,5,7-8H2,1-4H3,(H-,22,23,24,26,27)/p+1. The molecule has 2 N–H and O–H groups in total. The number of amides is 1. The molecule has 1 fully saturated rings. The maximum Gasteiger partial charge on any atom is 0.697 e. The molecule has 0 aromatic carbocycles. The van der Waals surface area contributed by atoms with Gasteiger partial charge in [0.05, 0.1) is 24.9 Å². The number of fused-ring (bicyclic) bond motifs is 1. The van der Waals surface area contributed by atoms with Crippen LogP contribution in [0.5, 0.6) is 0 Å². The topological polar surface area (TPSA) is 161 Å². The van der Waals surface area contributed by atoms with E-state index in [1.807, 2.05) is 19.9 Å². The molecule has 0 aliphatic carbocycles. The Labute approximate surface area is 185 Å². The summed E-state index contributed by atoms with van der Waals surface area (Å²) in [5, 5.41) is 11.1. The van der Waals surface area contributed by atoms with E-state index in [1.54, 1.807) is 18.4 Å². The van der Waals surface area contributed by atoms with Crippen molar-refractivity contribution < 1.29 is 23.1 Å². The molecule has 0 spiro atoms. The molecule has 0 saturated carbocycles. The predicted octanol–water partition coefficient (Wildman–Crippen LogP) is 2.49. The Morgan fingerprint density at radius 1 is 1.41 bits per heavy atom. The Kier molecular flexibility index (Phi) is 7.69. The van der Waals surface area contributed by atoms with E-state index in [2.05, 4.69) is 20.3 Å². The van der Waals surface area contributed by atoms with Gasteiger partial charge in [-0.15, -0.1) is 9.05 Å². The number of carbonyl (C=O) groups is 1. The Morgan fingerprint density at radius 3 is 2.84 bits per heavy atom. The van der Waals surface area contributed by atoms with Gasteiger partial charge >= 0.3 is 8.25 Å². The Morgan fingerprint density at radius 2 is 2.16 bits per heavy atom. The third-order valence-corrected chi connectivity index (χ3v) is 6.16. The lowest BCUT2D eigenvalue weighted by molar-refractivity contribution is -0.118. The summed E-state index contributed by atoms with van der Waals surface area (Å²) in [4.78, 5) is 35.5. The first kappa shape index (κ1) is 23.9. The van der Waals surface area contributed by atoms with Crippen LogP contribution in [0.1, 0.15) is 40.3 Å². The van der Waals surface area contributed by atoms with E-state index >= 15 is 0 Å². The molecule has 5 atom stereocenters. The molecular weight excluding hydrogens is 439 g/mol. The first-order valence-corrected chi connectivity index (χ1v) is 11.4. The summed E-state index contributed by atoms with van der Waals surface area (Å²) < 4.78 is 29.8. The lowest BCUT2D eigenvalue weighted by atomic mass is 9.93. The predicted molar refractivity (Wildman–Crippen MR) is 114 cm³/mol. The number of nitriles is 1. The highest BCUT2D eigenvalue weighted by Gasteiger charge is 2.42. The molecule has 2 aromatic rings. The zero-order valence-electron chi connectivity index (χ0n) is 18.3. The van der Waals surface area contributed by atoms with Crippen molar-refractivity contribution in [3.8, 4) is 6.07 Å². The van der Waals surface area contributed by atoms with E-state index in [0.717, 1.165) is 0 Å². The number of anilines is 1. The van der Waals surface area contributed by atoms with Crippen molar-refractivity contribution in [1.82, 2.24) is 19.5 Å². The summed E-state index contributed by atoms with van der Waals surface area (Å²) in [6, 6.07) is 1.90. The highest BCUT2D eigenvalue weighted by Crippen LogP contribution is 2.41. The molecule has 32 heavy (non-hydrogen) atoms. The fourth-order valence-electron chi connectivity index (χ4n) is 3.31. The maximum atomic E-state index is 12.4. The van der Waals surface area contributed by atoms with E-state index < -0.39 is 20.0 Å². The zero-order chi connectivity index (χ0) is 23.4. The number of aromatic nitrogens is 4. The molecule has 1 aliphatic heterocycles. The quantitative estimate of drug-likeness (QED) is 0.418. The van der Waals surface area contributed by atoms with Crippen molar-refractivity contribution in [2.24, 2.45) is 17.8 Å². The van der Waals surface area contributed by atoms with E-state index in [9.17, 15) is 14.2 Å². The first-order valence-electron chi connectivity index (χ1n) is 10.3. The van der Waals surface area contributed by atoms with Crippen molar-refractivity contribution in [2.45, 2.75) is 46.4 Å². The highest BCUT2D eigenvalue weighted by molar-refractivity contribution is 7.33. The molecular formula is C19H26N6O6P+. The molecule has 1 saturated heterocycles. The minimum absolute atomic E-state index is 0.00631. The average molecular weight is 465 g/mol. The Hall–Kier alpha value is -2.71. The monoisotopic (exact) mass is 465 g/mol. The van der Waals surface area contributed by atoms with Crippen molar-refractivity contribution >= 4 is 31.3 Å². The summed E-state index contributed by atoms with van der Waals surface area (Å²) in [6.07, 6.45) is 0.722. The number of nitrogens with one attached hydrogen (secondary N) is 2. The molecule has 2 aromatic heterocycles. The number of rotatable bonds is 9. The molecule has 12 nitrogen and oxygen atoms in total. The van der Waals surface area contributed by atoms with E-state index in [-0.39, 0.29) is 66.5 Å². The van der Waals surface area contributed by atoms with Crippen LogP contribution in [0.25, 0.3) is 11.2 Å². The Balaban J connectivity index is 1.77. The van der Waals surface area contributed by atoms with Crippen LogP contribution in [-0.4, -0.2) is 44.7 Å². The molecule has 5 unspecified atom stereocenters. The van der Waals surface area contributed by atoms with Gasteiger partial charge < -0.3 is 4.74 Å². The number of H-pyrrole nitrogens is 1. The fraction of sp³-hybridized carbons (Fsp3) is 0.632. The number of hydrogen-bond donors (Lipinski definition) is 2. The van der Waals surface area contributed by atoms with Crippen LogP contribution in [-0.2, 0) is 23.1 Å². The molecule has 1 amide bonds. The van der Waals surface area contributed by atoms with Gasteiger partial charge in [0, 0.05) is 16.4 Å². The van der Waals surface area contributed by atoms with Crippen molar-refractivity contribution in [3.05, 3.63) is 16.7 Å². The number of aromatic amines is 1. The second-order valence-corrected chi connectivity index (χ2v) is 8.89. The van der Waals surface area contributed by atoms with Crippen molar-refractivity contribution in [2.75, 3.05) is 18.5 Å². The van der Waals surface area contributed by atoms with Crippen LogP contribution in [0.2, 0.25) is 0 Å². The second kappa shape index (κ2) is 10.3. The van der Waals surface area contributed by atoms with Gasteiger partial charge in [0.25, 0.3) is 5.56 Å². The summed E-state index contributed by atoms with van der Waals surface area (Å²) in [7, 11) is -2.35. The smallest absolute Gasteiger partial charge is 0.352 e. The normalized spacial score (nSPS) is 23.4. The van der Waals surface area contributed by atoms with Gasteiger partial charge in [-0.25, -0.2) is 4.98 Å². The molecule has 13 heteroatoms. The Bertz CT molecular complexity index is 1090. The zero-order valence-corrected chi connectivity index (χ0v) is 19.2. The third-order valence-electron chi connectivity index (χ3n) is 5.41. The van der Waals surface area contributed by atoms with E-state index in [1.165, 1.54) is 6.33 Å². The maximum absolute atomic E-state index is 12.4. The summed E-state index contributed by atoms with van der Waals surface area (Å²) in [6.45, 7) is 7.50. The van der Waals surface area contributed by atoms with Crippen molar-refractivity contribution in [1.29, 1.82) is 5.26 Å². The number of ether oxygens (including phenoxy) is 1. The molecule has 172 valence electrons. The van der Waals surface area contributed by atoms with E-state index in [4.69, 9.17) is 19.0 Å². The van der Waals surface area contributed by atoms with Crippen LogP contribution in [0.4, 0.5) is 5.95 Å². The summed E-state index contributed by atoms with van der Waals surface area (Å²) in [5.41, 5.74) is -0.0630. The van der Waals surface area contributed by atoms with Crippen LogP contribution < -0.4 is 10.9 Å². The van der Waals surface area contributed by atoms with Crippen LogP contribution in [0.3, 0.4) is 0 Å². The van der Waals surface area contributed by atoms with Crippen LogP contribution in [0, 0.1) is 29.1 Å². The SMILES string of the molecule is CC(C)C(=O)Nc1nc2c(ncn2C2OC(CO[P+](=O)OCCC#N)C(C)C2C)c(=O)[nH]1. The van der Waals surface area contributed by atoms with Crippen LogP contribution in [0.15, 0.2) is 11.1 Å². The lowest BCUT2D eigenvalue weighted by Gasteiger charge is -2.18. The first-order chi connectivity index (χ1) is 15.2. The van der Waals surface area contributed by atoms with E-state index in [0.29, 0.717) is 0 Å². The third kappa shape index (κ3) is 5.19. The van der Waals surface area contributed by atoms with Gasteiger partial charge in [0.1, 0.15) is 19.4 Å². The average Bonchev–Trinajstić information content (AvgIpc) is 3.28. The number of hydrogen-bond acceptors (Lipinski definition) is 9. The molecule has 1 aliphatic rings. The molecule has 0 bridgehead atoms. The summed E-state index contributed by atoms with van der Waals surface area (Å²) in [5.74, 6) is -0.500. The second-order valence-electron chi connectivity index (χ2n) is 7.93. The fourth-order valence-corrected chi connectivity index (χ4v) is 3.89. The molecule has 3 rings (SSSR count). The van der Waals surface area contributed by atoms with Gasteiger partial charge in [-0.3, -0.25) is 24.5 Å². The van der Waals surface area contributed by atoms with Gasteiger partial charge in [0.15, 0.2) is 11.2 Å². The van der Waals surface area contributed by atoms with Crippen LogP contribution >= 0.6 is 8.25 Å². The number of carbonyl (C=O) groups excluding carboxylic acids is 1. The highest BCUT2D eigenvalue weighted by atomic mass is 31.1. The minimum atomic E-state index is -2.35. The van der Waals surface area contributed by atoms with Crippen molar-refractivity contribution in [3.63, 3.8) is 0 Å². The number of nitrogens with zero attached hydrogens (tertiary/aromatic N) is 4. The summed E-state index contributed by atoms with van der Waals surface area (Å²) >= 11 is 0. The van der Waals surface area contributed by atoms with Gasteiger partial charge in [-0.05, 0) is 5.92 Å². The largest absolute Gasteiger partial charge is 0.697 e. The van der Waals surface area contributed by atoms with Gasteiger partial charge in [0.2, 0.25) is 11.9 Å². The number of imidazole rings is 1.